The lowest BCUT2D eigenvalue weighted by atomic mass is 9.93. The number of ketones is 3. The molecule has 0 aliphatic carbocycles. The second kappa shape index (κ2) is 14.1. The van der Waals surface area contributed by atoms with Gasteiger partial charge in [0.1, 0.15) is 23.8 Å². The van der Waals surface area contributed by atoms with Gasteiger partial charge in [-0.2, -0.15) is 0 Å². The molecule has 0 amide bonds. The van der Waals surface area contributed by atoms with Crippen LogP contribution in [0.2, 0.25) is 0 Å². The van der Waals surface area contributed by atoms with E-state index in [9.17, 15) is 24.6 Å². The van der Waals surface area contributed by atoms with E-state index >= 15 is 0 Å². The average molecular weight is 358 g/mol. The molecule has 6 nitrogen and oxygen atoms in total. The quantitative estimate of drug-likeness (QED) is 0.287. The van der Waals surface area contributed by atoms with Crippen LogP contribution in [0, 0.1) is 5.92 Å². The first kappa shape index (κ1) is 23.9. The molecular weight excluding hydrogens is 324 g/mol. The Kier molecular flexibility index (Phi) is 13.5. The molecule has 0 bridgehead atoms. The Morgan fingerprint density at radius 3 is 1.64 bits per heavy atom. The van der Waals surface area contributed by atoms with Crippen LogP contribution in [0.3, 0.4) is 0 Å². The molecular formula is C19H34O6. The van der Waals surface area contributed by atoms with E-state index in [0.717, 1.165) is 44.9 Å². The zero-order valence-corrected chi connectivity index (χ0v) is 15.6. The van der Waals surface area contributed by atoms with Crippen LogP contribution >= 0.6 is 0 Å². The molecule has 0 aromatic rings. The molecule has 6 heteroatoms. The number of rotatable bonds is 16. The SMILES string of the molecule is CC(=O)C(CCCCCCCCCCC(=O)C(O)C(O)CO)C(C)=O. The highest BCUT2D eigenvalue weighted by molar-refractivity contribution is 6.00. The molecule has 3 N–H and O–H groups in total. The molecule has 0 heterocycles. The van der Waals surface area contributed by atoms with Gasteiger partial charge in [0.2, 0.25) is 0 Å². The number of hydrogen-bond acceptors (Lipinski definition) is 6. The molecule has 0 aliphatic rings. The van der Waals surface area contributed by atoms with Crippen molar-refractivity contribution in [3.63, 3.8) is 0 Å². The molecule has 0 radical (unpaired) electrons. The second-order valence-corrected chi connectivity index (χ2v) is 6.80. The van der Waals surface area contributed by atoms with Gasteiger partial charge < -0.3 is 15.3 Å². The fourth-order valence-electron chi connectivity index (χ4n) is 2.86. The third-order valence-corrected chi connectivity index (χ3v) is 4.53. The number of aliphatic hydroxyl groups excluding tert-OH is 3. The van der Waals surface area contributed by atoms with Crippen LogP contribution in [-0.4, -0.2) is 51.5 Å². The van der Waals surface area contributed by atoms with Gasteiger partial charge in [-0.3, -0.25) is 14.4 Å². The molecule has 0 rings (SSSR count). The van der Waals surface area contributed by atoms with Gasteiger partial charge in [-0.05, 0) is 26.7 Å². The lowest BCUT2D eigenvalue weighted by molar-refractivity contribution is -0.134. The number of aliphatic hydroxyl groups is 3. The number of carbonyl (C=O) groups excluding carboxylic acids is 3. The van der Waals surface area contributed by atoms with Crippen LogP contribution < -0.4 is 0 Å². The Morgan fingerprint density at radius 2 is 1.20 bits per heavy atom. The Bertz CT molecular complexity index is 393. The maximum atomic E-state index is 11.5. The summed E-state index contributed by atoms with van der Waals surface area (Å²) in [5.41, 5.74) is 0. The number of hydrogen-bond donors (Lipinski definition) is 3. The van der Waals surface area contributed by atoms with Crippen LogP contribution in [0.25, 0.3) is 0 Å². The Balaban J connectivity index is 3.55. The highest BCUT2D eigenvalue weighted by Crippen LogP contribution is 2.15. The van der Waals surface area contributed by atoms with Crippen LogP contribution in [0.5, 0.6) is 0 Å². The summed E-state index contributed by atoms with van der Waals surface area (Å²) in [6.07, 6.45) is 5.70. The summed E-state index contributed by atoms with van der Waals surface area (Å²) in [6, 6.07) is 0. The largest absolute Gasteiger partial charge is 0.394 e. The van der Waals surface area contributed by atoms with Crippen molar-refractivity contribution in [3.8, 4) is 0 Å². The monoisotopic (exact) mass is 358 g/mol. The van der Waals surface area contributed by atoms with Crippen molar-refractivity contribution < 1.29 is 29.7 Å². The van der Waals surface area contributed by atoms with E-state index < -0.39 is 30.5 Å². The first-order valence-electron chi connectivity index (χ1n) is 9.31. The number of unbranched alkanes of at least 4 members (excludes halogenated alkanes) is 7. The normalized spacial score (nSPS) is 13.7. The minimum atomic E-state index is -1.49. The molecule has 0 aromatic carbocycles. The molecule has 0 aromatic heterocycles. The minimum Gasteiger partial charge on any atom is -0.394 e. The highest BCUT2D eigenvalue weighted by atomic mass is 16.4. The molecule has 2 unspecified atom stereocenters. The molecule has 0 saturated heterocycles. The summed E-state index contributed by atoms with van der Waals surface area (Å²) >= 11 is 0. The lowest BCUT2D eigenvalue weighted by Crippen LogP contribution is -2.36. The van der Waals surface area contributed by atoms with E-state index in [1.165, 1.54) is 13.8 Å². The molecule has 0 aliphatic heterocycles. The van der Waals surface area contributed by atoms with Crippen LogP contribution in [0.1, 0.15) is 78.1 Å². The third-order valence-electron chi connectivity index (χ3n) is 4.53. The van der Waals surface area contributed by atoms with Gasteiger partial charge in [0.05, 0.1) is 12.5 Å². The van der Waals surface area contributed by atoms with Crippen molar-refractivity contribution in [1.29, 1.82) is 0 Å². The van der Waals surface area contributed by atoms with Gasteiger partial charge in [-0.25, -0.2) is 0 Å². The Morgan fingerprint density at radius 1 is 0.760 bits per heavy atom. The molecule has 0 fully saturated rings. The molecule has 146 valence electrons. The first-order valence-corrected chi connectivity index (χ1v) is 9.31. The van der Waals surface area contributed by atoms with E-state index in [1.54, 1.807) is 0 Å². The van der Waals surface area contributed by atoms with Crippen molar-refractivity contribution in [1.82, 2.24) is 0 Å². The fraction of sp³-hybridized carbons (Fsp3) is 0.842. The topological polar surface area (TPSA) is 112 Å². The van der Waals surface area contributed by atoms with Crippen molar-refractivity contribution in [3.05, 3.63) is 0 Å². The second-order valence-electron chi connectivity index (χ2n) is 6.80. The van der Waals surface area contributed by atoms with Crippen LogP contribution in [-0.2, 0) is 14.4 Å². The van der Waals surface area contributed by atoms with Crippen LogP contribution in [0.4, 0.5) is 0 Å². The van der Waals surface area contributed by atoms with Crippen molar-refractivity contribution >= 4 is 17.3 Å². The van der Waals surface area contributed by atoms with Gasteiger partial charge >= 0.3 is 0 Å². The first-order chi connectivity index (χ1) is 11.8. The highest BCUT2D eigenvalue weighted by Gasteiger charge is 2.22. The van der Waals surface area contributed by atoms with E-state index in [2.05, 4.69) is 0 Å². The van der Waals surface area contributed by atoms with Crippen LogP contribution in [0.15, 0.2) is 0 Å². The molecule has 0 saturated carbocycles. The summed E-state index contributed by atoms with van der Waals surface area (Å²) < 4.78 is 0. The predicted molar refractivity (Wildman–Crippen MR) is 95.1 cm³/mol. The molecule has 2 atom stereocenters. The van der Waals surface area contributed by atoms with E-state index in [0.29, 0.717) is 12.8 Å². The average Bonchev–Trinajstić information content (AvgIpc) is 2.57. The Hall–Kier alpha value is -1.11. The predicted octanol–water partition coefficient (Wildman–Crippen LogP) is 1.96. The van der Waals surface area contributed by atoms with E-state index in [-0.39, 0.29) is 18.0 Å². The van der Waals surface area contributed by atoms with Gasteiger partial charge in [0.25, 0.3) is 0 Å². The maximum absolute atomic E-state index is 11.5. The smallest absolute Gasteiger partial charge is 0.164 e. The number of carbonyl (C=O) groups is 3. The van der Waals surface area contributed by atoms with Gasteiger partial charge in [-0.15, -0.1) is 0 Å². The summed E-state index contributed by atoms with van der Waals surface area (Å²) in [5.74, 6) is -0.943. The van der Waals surface area contributed by atoms with Crippen molar-refractivity contribution in [2.45, 2.75) is 90.3 Å². The lowest BCUT2D eigenvalue weighted by Gasteiger charge is -2.13. The summed E-state index contributed by atoms with van der Waals surface area (Å²) in [4.78, 5) is 34.2. The zero-order valence-electron chi connectivity index (χ0n) is 15.6. The van der Waals surface area contributed by atoms with Crippen molar-refractivity contribution in [2.24, 2.45) is 5.92 Å². The van der Waals surface area contributed by atoms with Gasteiger partial charge in [-0.1, -0.05) is 44.9 Å². The van der Waals surface area contributed by atoms with Gasteiger partial charge in [0, 0.05) is 6.42 Å². The number of Topliss-reactive ketones (excluding diaryl/α,β-unsaturated/α-hetero) is 3. The van der Waals surface area contributed by atoms with Gasteiger partial charge in [0.15, 0.2) is 5.78 Å². The minimum absolute atomic E-state index is 0.0429. The van der Waals surface area contributed by atoms with Crippen molar-refractivity contribution in [2.75, 3.05) is 6.61 Å². The maximum Gasteiger partial charge on any atom is 0.164 e. The third kappa shape index (κ3) is 11.2. The zero-order chi connectivity index (χ0) is 19.2. The fourth-order valence-corrected chi connectivity index (χ4v) is 2.86. The summed E-state index contributed by atoms with van der Waals surface area (Å²) in [6.45, 7) is 2.33. The standard InChI is InChI=1S/C19H34O6/c1-14(21)16(15(2)22)11-9-7-5-3-4-6-8-10-12-17(23)19(25)18(24)13-20/h16,18-20,24-25H,3-13H2,1-2H3. The summed E-state index contributed by atoms with van der Waals surface area (Å²) in [7, 11) is 0. The molecule has 25 heavy (non-hydrogen) atoms. The van der Waals surface area contributed by atoms with E-state index in [4.69, 9.17) is 5.11 Å². The Labute approximate surface area is 150 Å². The molecule has 0 spiro atoms. The summed E-state index contributed by atoms with van der Waals surface area (Å²) in [5, 5.41) is 27.3. The van der Waals surface area contributed by atoms with E-state index in [1.807, 2.05) is 0 Å².